The molecule has 2 heterocycles. The van der Waals surface area contributed by atoms with Crippen molar-refractivity contribution < 1.29 is 29.1 Å². The van der Waals surface area contributed by atoms with Crippen molar-refractivity contribution in [3.63, 3.8) is 0 Å². The molecule has 0 aliphatic carbocycles. The minimum Gasteiger partial charge on any atom is -0.464 e. The summed E-state index contributed by atoms with van der Waals surface area (Å²) in [5, 5.41) is 11.7. The summed E-state index contributed by atoms with van der Waals surface area (Å²) in [5.41, 5.74) is 7.36. The molecule has 36 heavy (non-hydrogen) atoms. The summed E-state index contributed by atoms with van der Waals surface area (Å²) in [4.78, 5) is 43.3. The number of carbonyl (C=O) groups is 3. The van der Waals surface area contributed by atoms with Gasteiger partial charge >= 0.3 is 5.97 Å². The van der Waals surface area contributed by atoms with E-state index < -0.39 is 11.9 Å². The Kier molecular flexibility index (Phi) is 9.93. The molecule has 192 valence electrons. The van der Waals surface area contributed by atoms with Crippen LogP contribution in [0, 0.1) is 5.92 Å². The SMILES string of the molecule is CC(CC(=O)c1ccc(/C(N)=N/O)cc1)C(=O)N1CCC(OCC(=O)OCCc2ccccn2)CC1. The van der Waals surface area contributed by atoms with Crippen LogP contribution in [0.5, 0.6) is 0 Å². The highest BCUT2D eigenvalue weighted by Crippen LogP contribution is 2.19. The van der Waals surface area contributed by atoms with E-state index in [1.165, 1.54) is 0 Å². The van der Waals surface area contributed by atoms with Gasteiger partial charge in [-0.05, 0) is 25.0 Å². The highest BCUT2D eigenvalue weighted by Gasteiger charge is 2.28. The zero-order valence-electron chi connectivity index (χ0n) is 20.3. The first kappa shape index (κ1) is 26.8. The molecule has 0 spiro atoms. The molecule has 1 unspecified atom stereocenters. The van der Waals surface area contributed by atoms with Crippen molar-refractivity contribution in [3.05, 3.63) is 65.5 Å². The molecule has 1 aromatic carbocycles. The fourth-order valence-electron chi connectivity index (χ4n) is 3.97. The quantitative estimate of drug-likeness (QED) is 0.120. The van der Waals surface area contributed by atoms with Gasteiger partial charge in [-0.3, -0.25) is 14.6 Å². The number of amides is 1. The molecule has 0 saturated carbocycles. The summed E-state index contributed by atoms with van der Waals surface area (Å²) >= 11 is 0. The molecule has 1 aliphatic rings. The van der Waals surface area contributed by atoms with Gasteiger partial charge in [0.1, 0.15) is 6.61 Å². The van der Waals surface area contributed by atoms with Crippen LogP contribution in [0.25, 0.3) is 0 Å². The van der Waals surface area contributed by atoms with E-state index in [4.69, 9.17) is 20.4 Å². The van der Waals surface area contributed by atoms with Crippen molar-refractivity contribution in [1.82, 2.24) is 9.88 Å². The number of likely N-dealkylation sites (tertiary alicyclic amines) is 1. The Morgan fingerprint density at radius 3 is 2.47 bits per heavy atom. The van der Waals surface area contributed by atoms with E-state index in [-0.39, 0.29) is 43.3 Å². The smallest absolute Gasteiger partial charge is 0.332 e. The molecule has 1 atom stereocenters. The molecule has 1 fully saturated rings. The lowest BCUT2D eigenvalue weighted by atomic mass is 9.96. The van der Waals surface area contributed by atoms with Gasteiger partial charge in [-0.2, -0.15) is 0 Å². The van der Waals surface area contributed by atoms with Gasteiger partial charge in [-0.15, -0.1) is 0 Å². The summed E-state index contributed by atoms with van der Waals surface area (Å²) in [6, 6.07) is 12.0. The molecule has 1 amide bonds. The molecule has 2 aromatic rings. The van der Waals surface area contributed by atoms with Gasteiger partial charge in [0.05, 0.1) is 12.7 Å². The first-order valence-electron chi connectivity index (χ1n) is 11.9. The van der Waals surface area contributed by atoms with E-state index in [0.717, 1.165) is 5.69 Å². The predicted octanol–water partition coefficient (Wildman–Crippen LogP) is 2.18. The van der Waals surface area contributed by atoms with Crippen molar-refractivity contribution in [1.29, 1.82) is 0 Å². The number of rotatable bonds is 11. The summed E-state index contributed by atoms with van der Waals surface area (Å²) in [5.74, 6) is -1.16. The number of hydrogen-bond acceptors (Lipinski definition) is 8. The van der Waals surface area contributed by atoms with Crippen molar-refractivity contribution in [3.8, 4) is 0 Å². The zero-order valence-corrected chi connectivity index (χ0v) is 20.3. The molecule has 1 aliphatic heterocycles. The number of esters is 1. The maximum atomic E-state index is 12.8. The third-order valence-corrected chi connectivity index (χ3v) is 6.06. The number of aromatic nitrogens is 1. The van der Waals surface area contributed by atoms with Crippen molar-refractivity contribution in [2.45, 2.75) is 38.7 Å². The Balaban J connectivity index is 1.35. The third-order valence-electron chi connectivity index (χ3n) is 6.06. The fraction of sp³-hybridized carbons (Fsp3) is 0.423. The molecule has 10 heteroatoms. The number of nitrogens with two attached hydrogens (primary N) is 1. The summed E-state index contributed by atoms with van der Waals surface area (Å²) in [6.07, 6.45) is 3.44. The lowest BCUT2D eigenvalue weighted by molar-refractivity contribution is -0.153. The molecule has 3 N–H and O–H groups in total. The number of ketones is 1. The van der Waals surface area contributed by atoms with E-state index in [1.807, 2.05) is 18.2 Å². The second-order valence-electron chi connectivity index (χ2n) is 8.72. The van der Waals surface area contributed by atoms with Gasteiger partial charge in [-0.25, -0.2) is 4.79 Å². The van der Waals surface area contributed by atoms with Crippen molar-refractivity contribution >= 4 is 23.5 Å². The second-order valence-corrected chi connectivity index (χ2v) is 8.72. The zero-order chi connectivity index (χ0) is 25.9. The number of piperidine rings is 1. The minimum absolute atomic E-state index is 0.0394. The number of Topliss-reactive ketones (excluding diaryl/α,β-unsaturated/α-hetero) is 1. The number of benzene rings is 1. The van der Waals surface area contributed by atoms with Crippen molar-refractivity contribution in [2.24, 2.45) is 16.8 Å². The number of ether oxygens (including phenoxy) is 2. The maximum Gasteiger partial charge on any atom is 0.332 e. The molecule has 1 saturated heterocycles. The molecule has 1 aromatic heterocycles. The molecular weight excluding hydrogens is 464 g/mol. The van der Waals surface area contributed by atoms with Crippen LogP contribution in [0.3, 0.4) is 0 Å². The molecule has 0 bridgehead atoms. The maximum absolute atomic E-state index is 12.8. The Bertz CT molecular complexity index is 1050. The summed E-state index contributed by atoms with van der Waals surface area (Å²) < 4.78 is 10.9. The van der Waals surface area contributed by atoms with Gasteiger partial charge in [0.25, 0.3) is 0 Å². The highest BCUT2D eigenvalue weighted by atomic mass is 16.6. The normalized spacial score (nSPS) is 15.4. The largest absolute Gasteiger partial charge is 0.464 e. The number of hydrogen-bond donors (Lipinski definition) is 2. The highest BCUT2D eigenvalue weighted by molar-refractivity contribution is 6.01. The number of amidine groups is 1. The van der Waals surface area contributed by atoms with Crippen LogP contribution in [0.2, 0.25) is 0 Å². The summed E-state index contributed by atoms with van der Waals surface area (Å²) in [7, 11) is 0. The van der Waals surface area contributed by atoms with E-state index in [9.17, 15) is 14.4 Å². The predicted molar refractivity (Wildman–Crippen MR) is 132 cm³/mol. The molecule has 0 radical (unpaired) electrons. The molecule has 10 nitrogen and oxygen atoms in total. The first-order chi connectivity index (χ1) is 17.4. The van der Waals surface area contributed by atoms with Gasteiger partial charge in [0, 0.05) is 54.9 Å². The average Bonchev–Trinajstić information content (AvgIpc) is 2.92. The monoisotopic (exact) mass is 496 g/mol. The Labute approximate surface area is 210 Å². The van der Waals surface area contributed by atoms with E-state index >= 15 is 0 Å². The van der Waals surface area contributed by atoms with Crippen LogP contribution < -0.4 is 5.73 Å². The van der Waals surface area contributed by atoms with Crippen LogP contribution in [-0.4, -0.2) is 71.0 Å². The molecule has 3 rings (SSSR count). The van der Waals surface area contributed by atoms with Crippen LogP contribution in [0.15, 0.2) is 53.8 Å². The lowest BCUT2D eigenvalue weighted by Crippen LogP contribution is -2.43. The van der Waals surface area contributed by atoms with Crippen LogP contribution >= 0.6 is 0 Å². The van der Waals surface area contributed by atoms with Crippen LogP contribution in [0.4, 0.5) is 0 Å². The standard InChI is InChI=1S/C26H32N4O6/c1-18(16-23(31)19-5-7-20(8-6-19)25(27)29-34)26(33)30-13-9-22(10-14-30)36-17-24(32)35-15-11-21-4-2-3-12-28-21/h2-8,12,18,22,34H,9-11,13-17H2,1H3,(H2,27,29). The van der Waals surface area contributed by atoms with Gasteiger partial charge in [-0.1, -0.05) is 42.4 Å². The minimum atomic E-state index is -0.465. The summed E-state index contributed by atoms with van der Waals surface area (Å²) in [6.45, 7) is 2.88. The lowest BCUT2D eigenvalue weighted by Gasteiger charge is -2.33. The van der Waals surface area contributed by atoms with Gasteiger partial charge in [0.2, 0.25) is 5.91 Å². The van der Waals surface area contributed by atoms with E-state index in [0.29, 0.717) is 43.5 Å². The average molecular weight is 497 g/mol. The number of oxime groups is 1. The van der Waals surface area contributed by atoms with Crippen LogP contribution in [0.1, 0.15) is 47.8 Å². The molecular formula is C26H32N4O6. The fourth-order valence-corrected chi connectivity index (χ4v) is 3.97. The number of pyridine rings is 1. The van der Waals surface area contributed by atoms with Crippen molar-refractivity contribution in [2.75, 3.05) is 26.3 Å². The Morgan fingerprint density at radius 1 is 1.14 bits per heavy atom. The Hall–Kier alpha value is -3.79. The first-order valence-corrected chi connectivity index (χ1v) is 11.9. The number of nitrogens with zero attached hydrogens (tertiary/aromatic N) is 3. The number of carbonyl (C=O) groups excluding carboxylic acids is 3. The van der Waals surface area contributed by atoms with Crippen LogP contribution in [-0.2, 0) is 25.5 Å². The van der Waals surface area contributed by atoms with E-state index in [1.54, 1.807) is 42.3 Å². The third kappa shape index (κ3) is 7.88. The van der Waals surface area contributed by atoms with Gasteiger partial charge in [0.15, 0.2) is 11.6 Å². The Morgan fingerprint density at radius 2 is 1.83 bits per heavy atom. The van der Waals surface area contributed by atoms with Gasteiger partial charge < -0.3 is 25.3 Å². The topological polar surface area (TPSA) is 144 Å². The second kappa shape index (κ2) is 13.3. The van der Waals surface area contributed by atoms with E-state index in [2.05, 4.69) is 10.1 Å².